The Morgan fingerprint density at radius 3 is 2.44 bits per heavy atom. The van der Waals surface area contributed by atoms with Gasteiger partial charge >= 0.3 is 0 Å². The Balaban J connectivity index is 1.46. The number of methoxy groups -OCH3 is 2. The predicted molar refractivity (Wildman–Crippen MR) is 158 cm³/mol. The molecule has 0 saturated heterocycles. The van der Waals surface area contributed by atoms with E-state index in [4.69, 9.17) is 15.2 Å². The van der Waals surface area contributed by atoms with Gasteiger partial charge in [-0.15, -0.1) is 0 Å². The van der Waals surface area contributed by atoms with E-state index in [9.17, 15) is 13.2 Å². The van der Waals surface area contributed by atoms with E-state index in [1.807, 2.05) is 29.0 Å². The minimum Gasteiger partial charge on any atom is -0.496 e. The lowest BCUT2D eigenvalue weighted by Crippen LogP contribution is -2.25. The standard InChI is InChI=1S/C31H30N4O5S/c1-39-30-21-31(40-2)26(20-25(30)9-8-23-6-3-4-7-28(23)32)12-15-29(36)24-10-13-27(14-11-24)41(37,38)34-16-5-18-35-19-17-33-22-35/h3-4,6-7,10-15,17,19-22,34H,5,16,18,32H2,1-2H3. The van der Waals surface area contributed by atoms with Crippen LogP contribution in [0.4, 0.5) is 5.69 Å². The van der Waals surface area contributed by atoms with Crippen molar-refractivity contribution in [2.45, 2.75) is 17.9 Å². The van der Waals surface area contributed by atoms with E-state index in [1.165, 1.54) is 44.6 Å². The molecule has 0 aliphatic heterocycles. The lowest BCUT2D eigenvalue weighted by molar-refractivity contribution is 0.104. The number of nitrogen functional groups attached to an aromatic ring is 1. The van der Waals surface area contributed by atoms with Gasteiger partial charge < -0.3 is 19.8 Å². The zero-order valence-electron chi connectivity index (χ0n) is 22.7. The van der Waals surface area contributed by atoms with Crippen molar-refractivity contribution in [2.24, 2.45) is 0 Å². The number of nitrogens with one attached hydrogen (secondary N) is 1. The number of nitrogens with two attached hydrogens (primary N) is 1. The molecular weight excluding hydrogens is 540 g/mol. The zero-order chi connectivity index (χ0) is 29.2. The van der Waals surface area contributed by atoms with Crippen LogP contribution in [0.3, 0.4) is 0 Å². The first-order chi connectivity index (χ1) is 19.8. The highest BCUT2D eigenvalue weighted by atomic mass is 32.2. The van der Waals surface area contributed by atoms with Gasteiger partial charge in [-0.1, -0.05) is 24.0 Å². The molecule has 41 heavy (non-hydrogen) atoms. The number of sulfonamides is 1. The van der Waals surface area contributed by atoms with E-state index in [0.717, 1.165) is 0 Å². The number of allylic oxidation sites excluding steroid dienone is 1. The number of hydrogen-bond acceptors (Lipinski definition) is 7. The summed E-state index contributed by atoms with van der Waals surface area (Å²) in [5.74, 6) is 6.84. The Hall–Kier alpha value is -4.85. The van der Waals surface area contributed by atoms with Gasteiger partial charge in [0.25, 0.3) is 0 Å². The normalized spacial score (nSPS) is 11.2. The highest BCUT2D eigenvalue weighted by Gasteiger charge is 2.14. The number of ether oxygens (including phenoxy) is 2. The van der Waals surface area contributed by atoms with Gasteiger partial charge in [-0.25, -0.2) is 18.1 Å². The van der Waals surface area contributed by atoms with Gasteiger partial charge in [-0.3, -0.25) is 4.79 Å². The van der Waals surface area contributed by atoms with Crippen LogP contribution in [0.15, 0.2) is 90.4 Å². The summed E-state index contributed by atoms with van der Waals surface area (Å²) in [6, 6.07) is 16.6. The van der Waals surface area contributed by atoms with Crippen LogP contribution in [-0.4, -0.2) is 44.5 Å². The first kappa shape index (κ1) is 29.1. The molecule has 1 heterocycles. The fourth-order valence-electron chi connectivity index (χ4n) is 3.93. The number of aryl methyl sites for hydroxylation is 1. The molecule has 4 rings (SSSR count). The molecular formula is C31H30N4O5S. The summed E-state index contributed by atoms with van der Waals surface area (Å²) in [5, 5.41) is 0. The molecule has 3 aromatic carbocycles. The second-order valence-corrected chi connectivity index (χ2v) is 10.7. The Kier molecular flexibility index (Phi) is 9.58. The number of rotatable bonds is 11. The lowest BCUT2D eigenvalue weighted by atomic mass is 10.0. The quantitative estimate of drug-likeness (QED) is 0.0912. The summed E-state index contributed by atoms with van der Waals surface area (Å²) in [7, 11) is -0.640. The predicted octanol–water partition coefficient (Wildman–Crippen LogP) is 4.15. The largest absolute Gasteiger partial charge is 0.496 e. The van der Waals surface area contributed by atoms with Gasteiger partial charge in [-0.05, 0) is 61.0 Å². The fraction of sp³-hybridized carbons (Fsp3) is 0.161. The van der Waals surface area contributed by atoms with Crippen LogP contribution in [0.1, 0.15) is 33.5 Å². The van der Waals surface area contributed by atoms with Crippen molar-refractivity contribution in [2.75, 3.05) is 26.5 Å². The van der Waals surface area contributed by atoms with Crippen molar-refractivity contribution in [1.29, 1.82) is 0 Å². The second kappa shape index (κ2) is 13.5. The van der Waals surface area contributed by atoms with Gasteiger partial charge in [0.2, 0.25) is 10.0 Å². The van der Waals surface area contributed by atoms with E-state index in [1.54, 1.807) is 36.8 Å². The number of benzene rings is 3. The van der Waals surface area contributed by atoms with Crippen LogP contribution in [-0.2, 0) is 16.6 Å². The topological polar surface area (TPSA) is 126 Å². The van der Waals surface area contributed by atoms with Crippen LogP contribution in [0.5, 0.6) is 11.5 Å². The third kappa shape index (κ3) is 7.63. The van der Waals surface area contributed by atoms with Gasteiger partial charge in [0, 0.05) is 53.9 Å². The number of imidazole rings is 1. The molecule has 0 saturated carbocycles. The summed E-state index contributed by atoms with van der Waals surface area (Å²) in [6.45, 7) is 0.926. The van der Waals surface area contributed by atoms with E-state index < -0.39 is 10.0 Å². The number of anilines is 1. The molecule has 10 heteroatoms. The Labute approximate surface area is 239 Å². The molecule has 0 radical (unpaired) electrons. The molecule has 0 aliphatic rings. The number of carbonyl (C=O) groups excluding carboxylic acids is 1. The molecule has 0 unspecified atom stereocenters. The Morgan fingerprint density at radius 1 is 1.02 bits per heavy atom. The maximum absolute atomic E-state index is 12.9. The van der Waals surface area contributed by atoms with Crippen molar-refractivity contribution in [3.8, 4) is 23.3 Å². The maximum atomic E-state index is 12.9. The van der Waals surface area contributed by atoms with E-state index in [0.29, 0.717) is 52.4 Å². The second-order valence-electron chi connectivity index (χ2n) is 8.91. The number of aromatic nitrogens is 2. The highest BCUT2D eigenvalue weighted by molar-refractivity contribution is 7.89. The first-order valence-corrected chi connectivity index (χ1v) is 14.2. The summed E-state index contributed by atoms with van der Waals surface area (Å²) >= 11 is 0. The maximum Gasteiger partial charge on any atom is 0.240 e. The molecule has 0 amide bonds. The summed E-state index contributed by atoms with van der Waals surface area (Å²) in [5.41, 5.74) is 8.81. The molecule has 210 valence electrons. The number of para-hydroxylation sites is 1. The Bertz CT molecular complexity index is 1700. The molecule has 9 nitrogen and oxygen atoms in total. The fourth-order valence-corrected chi connectivity index (χ4v) is 5.00. The van der Waals surface area contributed by atoms with Gasteiger partial charge in [0.05, 0.1) is 31.0 Å². The molecule has 0 atom stereocenters. The van der Waals surface area contributed by atoms with Crippen molar-refractivity contribution in [3.63, 3.8) is 0 Å². The average Bonchev–Trinajstić information content (AvgIpc) is 3.51. The van der Waals surface area contributed by atoms with E-state index >= 15 is 0 Å². The molecule has 0 fully saturated rings. The molecule has 0 spiro atoms. The lowest BCUT2D eigenvalue weighted by Gasteiger charge is -2.10. The number of carbonyl (C=O) groups is 1. The van der Waals surface area contributed by atoms with Crippen molar-refractivity contribution in [3.05, 3.63) is 108 Å². The summed E-state index contributed by atoms with van der Waals surface area (Å²) < 4.78 is 40.7. The number of ketones is 1. The van der Waals surface area contributed by atoms with Crippen LogP contribution < -0.4 is 19.9 Å². The minimum absolute atomic E-state index is 0.0831. The SMILES string of the molecule is COc1cc(OC)c(C=CC(=O)c2ccc(S(=O)(=O)NCCCn3ccnc3)cc2)cc1C#Cc1ccccc1N. The van der Waals surface area contributed by atoms with Crippen molar-refractivity contribution < 1.29 is 22.7 Å². The van der Waals surface area contributed by atoms with Crippen molar-refractivity contribution >= 4 is 27.6 Å². The van der Waals surface area contributed by atoms with Crippen LogP contribution >= 0.6 is 0 Å². The highest BCUT2D eigenvalue weighted by Crippen LogP contribution is 2.30. The third-order valence-electron chi connectivity index (χ3n) is 6.15. The van der Waals surface area contributed by atoms with Crippen LogP contribution in [0.2, 0.25) is 0 Å². The van der Waals surface area contributed by atoms with Gasteiger partial charge in [0.15, 0.2) is 5.78 Å². The third-order valence-corrected chi connectivity index (χ3v) is 7.63. The first-order valence-electron chi connectivity index (χ1n) is 12.7. The van der Waals surface area contributed by atoms with Crippen LogP contribution in [0.25, 0.3) is 6.08 Å². The molecule has 0 aliphatic carbocycles. The van der Waals surface area contributed by atoms with E-state index in [2.05, 4.69) is 21.5 Å². The van der Waals surface area contributed by atoms with E-state index in [-0.39, 0.29) is 17.2 Å². The minimum atomic E-state index is -3.70. The smallest absolute Gasteiger partial charge is 0.240 e. The summed E-state index contributed by atoms with van der Waals surface area (Å²) in [4.78, 5) is 16.9. The monoisotopic (exact) mass is 570 g/mol. The molecule has 1 aromatic heterocycles. The van der Waals surface area contributed by atoms with Gasteiger partial charge in [0.1, 0.15) is 11.5 Å². The number of nitrogens with zero attached hydrogens (tertiary/aromatic N) is 2. The molecule has 4 aromatic rings. The van der Waals surface area contributed by atoms with Crippen molar-refractivity contribution in [1.82, 2.24) is 14.3 Å². The summed E-state index contributed by atoms with van der Waals surface area (Å²) in [6.07, 6.45) is 8.80. The molecule has 3 N–H and O–H groups in total. The average molecular weight is 571 g/mol. The molecule has 0 bridgehead atoms. The zero-order valence-corrected chi connectivity index (χ0v) is 23.5. The number of hydrogen-bond donors (Lipinski definition) is 2. The van der Waals surface area contributed by atoms with Gasteiger partial charge in [-0.2, -0.15) is 0 Å². The Morgan fingerprint density at radius 2 is 1.76 bits per heavy atom. The van der Waals surface area contributed by atoms with Crippen LogP contribution in [0, 0.1) is 11.8 Å².